The molecular formula is C14H14BrN3OS. The number of nitrogens with two attached hydrogens (primary N) is 1. The summed E-state index contributed by atoms with van der Waals surface area (Å²) in [6.07, 6.45) is 0. The number of imidazole rings is 1. The highest BCUT2D eigenvalue weighted by Crippen LogP contribution is 2.30. The van der Waals surface area contributed by atoms with Gasteiger partial charge in [-0.1, -0.05) is 6.07 Å². The van der Waals surface area contributed by atoms with E-state index in [1.54, 1.807) is 34.6 Å². The summed E-state index contributed by atoms with van der Waals surface area (Å²) in [6, 6.07) is 9.78. The third-order valence-corrected chi connectivity index (χ3v) is 5.26. The van der Waals surface area contributed by atoms with Crippen molar-refractivity contribution in [2.75, 3.05) is 0 Å². The van der Waals surface area contributed by atoms with Crippen molar-refractivity contribution in [3.63, 3.8) is 0 Å². The second kappa shape index (κ2) is 4.87. The van der Waals surface area contributed by atoms with Gasteiger partial charge in [0.2, 0.25) is 0 Å². The Balaban J connectivity index is 2.14. The SMILES string of the molecule is Cn1c(=O)n(C)c2cc(C(N)c3ccc(Br)s3)ccc21. The number of benzene rings is 1. The van der Waals surface area contributed by atoms with E-state index in [0.29, 0.717) is 0 Å². The van der Waals surface area contributed by atoms with E-state index in [1.165, 1.54) is 0 Å². The van der Waals surface area contributed by atoms with Crippen molar-refractivity contribution < 1.29 is 0 Å². The monoisotopic (exact) mass is 351 g/mol. The third kappa shape index (κ3) is 2.04. The largest absolute Gasteiger partial charge is 0.328 e. The number of aromatic nitrogens is 2. The fraction of sp³-hybridized carbons (Fsp3) is 0.214. The molecule has 0 spiro atoms. The number of hydrogen-bond acceptors (Lipinski definition) is 3. The molecule has 3 rings (SSSR count). The third-order valence-electron chi connectivity index (χ3n) is 3.56. The first-order valence-corrected chi connectivity index (χ1v) is 7.76. The molecule has 0 aliphatic rings. The standard InChI is InChI=1S/C14H14BrN3OS/c1-17-9-4-3-8(7-10(9)18(2)14(17)19)13(16)11-5-6-12(15)20-11/h3-7,13H,16H2,1-2H3. The zero-order chi connectivity index (χ0) is 14.4. The molecule has 0 amide bonds. The molecule has 2 N–H and O–H groups in total. The Morgan fingerprint density at radius 2 is 1.85 bits per heavy atom. The topological polar surface area (TPSA) is 53.0 Å². The summed E-state index contributed by atoms with van der Waals surface area (Å²) >= 11 is 5.08. The molecule has 0 saturated carbocycles. The van der Waals surface area contributed by atoms with Gasteiger partial charge >= 0.3 is 5.69 Å². The van der Waals surface area contributed by atoms with Gasteiger partial charge < -0.3 is 5.73 Å². The molecular weight excluding hydrogens is 338 g/mol. The van der Waals surface area contributed by atoms with Crippen LogP contribution in [-0.4, -0.2) is 9.13 Å². The van der Waals surface area contributed by atoms with E-state index in [9.17, 15) is 4.79 Å². The number of aryl methyl sites for hydroxylation is 2. The minimum Gasteiger partial charge on any atom is -0.320 e. The maximum absolute atomic E-state index is 11.9. The van der Waals surface area contributed by atoms with Crippen LogP contribution >= 0.6 is 27.3 Å². The molecule has 0 saturated heterocycles. The van der Waals surface area contributed by atoms with Crippen LogP contribution in [0.2, 0.25) is 0 Å². The van der Waals surface area contributed by atoms with Crippen LogP contribution in [0, 0.1) is 0 Å². The lowest BCUT2D eigenvalue weighted by Crippen LogP contribution is -2.19. The second-order valence-corrected chi connectivity index (χ2v) is 7.26. The number of fused-ring (bicyclic) bond motifs is 1. The molecule has 3 aromatic rings. The van der Waals surface area contributed by atoms with Crippen molar-refractivity contribution in [2.45, 2.75) is 6.04 Å². The maximum Gasteiger partial charge on any atom is 0.328 e. The van der Waals surface area contributed by atoms with E-state index in [0.717, 1.165) is 25.3 Å². The van der Waals surface area contributed by atoms with E-state index >= 15 is 0 Å². The highest BCUT2D eigenvalue weighted by Gasteiger charge is 2.14. The van der Waals surface area contributed by atoms with E-state index in [2.05, 4.69) is 15.9 Å². The molecule has 1 unspecified atom stereocenters. The molecule has 0 radical (unpaired) electrons. The molecule has 2 aromatic heterocycles. The van der Waals surface area contributed by atoms with E-state index in [4.69, 9.17) is 5.73 Å². The van der Waals surface area contributed by atoms with E-state index in [1.807, 2.05) is 30.3 Å². The van der Waals surface area contributed by atoms with Gasteiger partial charge in [0.15, 0.2) is 0 Å². The normalized spacial score (nSPS) is 13.0. The molecule has 20 heavy (non-hydrogen) atoms. The van der Waals surface area contributed by atoms with Crippen LogP contribution in [0.4, 0.5) is 0 Å². The predicted molar refractivity (Wildman–Crippen MR) is 86.2 cm³/mol. The minimum absolute atomic E-state index is 0.0235. The Bertz CT molecular complexity index is 846. The molecule has 104 valence electrons. The van der Waals surface area contributed by atoms with Gasteiger partial charge in [0.25, 0.3) is 0 Å². The van der Waals surface area contributed by atoms with Gasteiger partial charge in [-0.25, -0.2) is 4.79 Å². The second-order valence-electron chi connectivity index (χ2n) is 4.77. The van der Waals surface area contributed by atoms with Crippen molar-refractivity contribution in [1.82, 2.24) is 9.13 Å². The lowest BCUT2D eigenvalue weighted by Gasteiger charge is -2.10. The first kappa shape index (κ1) is 13.6. The molecule has 0 aliphatic carbocycles. The smallest absolute Gasteiger partial charge is 0.320 e. The molecule has 4 nitrogen and oxygen atoms in total. The van der Waals surface area contributed by atoms with Crippen LogP contribution < -0.4 is 11.4 Å². The lowest BCUT2D eigenvalue weighted by molar-refractivity contribution is 0.795. The van der Waals surface area contributed by atoms with Crippen LogP contribution in [0.5, 0.6) is 0 Å². The summed E-state index contributed by atoms with van der Waals surface area (Å²) in [7, 11) is 3.56. The van der Waals surface area contributed by atoms with Crippen molar-refractivity contribution in [1.29, 1.82) is 0 Å². The minimum atomic E-state index is -0.175. The van der Waals surface area contributed by atoms with E-state index < -0.39 is 0 Å². The first-order valence-electron chi connectivity index (χ1n) is 6.15. The molecule has 0 bridgehead atoms. The van der Waals surface area contributed by atoms with Crippen molar-refractivity contribution in [3.05, 3.63) is 55.0 Å². The first-order chi connectivity index (χ1) is 9.49. The summed E-state index contributed by atoms with van der Waals surface area (Å²) in [4.78, 5) is 13.0. The number of nitrogens with zero attached hydrogens (tertiary/aromatic N) is 2. The Labute approximate surface area is 128 Å². The molecule has 1 aromatic carbocycles. The van der Waals surface area contributed by atoms with Gasteiger partial charge in [-0.3, -0.25) is 9.13 Å². The Kier molecular flexibility index (Phi) is 3.32. The highest BCUT2D eigenvalue weighted by molar-refractivity contribution is 9.11. The number of thiophene rings is 1. The van der Waals surface area contributed by atoms with Crippen molar-refractivity contribution in [2.24, 2.45) is 19.8 Å². The van der Waals surface area contributed by atoms with Gasteiger partial charge in [-0.2, -0.15) is 0 Å². The predicted octanol–water partition coefficient (Wildman–Crippen LogP) is 2.75. The maximum atomic E-state index is 11.9. The van der Waals surface area contributed by atoms with Crippen LogP contribution in [-0.2, 0) is 14.1 Å². The zero-order valence-electron chi connectivity index (χ0n) is 11.1. The summed E-state index contributed by atoms with van der Waals surface area (Å²) in [5.41, 5.74) is 9.12. The van der Waals surface area contributed by atoms with Crippen molar-refractivity contribution in [3.8, 4) is 0 Å². The van der Waals surface area contributed by atoms with Crippen molar-refractivity contribution >= 4 is 38.3 Å². The quantitative estimate of drug-likeness (QED) is 0.771. The Morgan fingerprint density at radius 3 is 2.50 bits per heavy atom. The molecule has 6 heteroatoms. The van der Waals surface area contributed by atoms with Gasteiger partial charge in [0.1, 0.15) is 0 Å². The van der Waals surface area contributed by atoms with Crippen LogP contribution in [0.15, 0.2) is 38.9 Å². The zero-order valence-corrected chi connectivity index (χ0v) is 13.5. The molecule has 0 fully saturated rings. The van der Waals surface area contributed by atoms with E-state index in [-0.39, 0.29) is 11.7 Å². The molecule has 2 heterocycles. The average Bonchev–Trinajstić information content (AvgIpc) is 2.97. The number of rotatable bonds is 2. The van der Waals surface area contributed by atoms with Crippen LogP contribution in [0.1, 0.15) is 16.5 Å². The Hall–Kier alpha value is -1.37. The fourth-order valence-corrected chi connectivity index (χ4v) is 3.83. The number of halogens is 1. The lowest BCUT2D eigenvalue weighted by atomic mass is 10.1. The van der Waals surface area contributed by atoms with Crippen LogP contribution in [0.25, 0.3) is 11.0 Å². The highest BCUT2D eigenvalue weighted by atomic mass is 79.9. The van der Waals surface area contributed by atoms with Crippen LogP contribution in [0.3, 0.4) is 0 Å². The van der Waals surface area contributed by atoms with Gasteiger partial charge in [0.05, 0.1) is 20.9 Å². The van der Waals surface area contributed by atoms with Gasteiger partial charge in [-0.05, 0) is 45.8 Å². The fourth-order valence-electron chi connectivity index (χ4n) is 2.38. The van der Waals surface area contributed by atoms with Gasteiger partial charge in [-0.15, -0.1) is 11.3 Å². The molecule has 1 atom stereocenters. The number of hydrogen-bond donors (Lipinski definition) is 1. The summed E-state index contributed by atoms with van der Waals surface area (Å²) < 4.78 is 4.36. The summed E-state index contributed by atoms with van der Waals surface area (Å²) in [5, 5.41) is 0. The Morgan fingerprint density at radius 1 is 1.15 bits per heavy atom. The average molecular weight is 352 g/mol. The summed E-state index contributed by atoms with van der Waals surface area (Å²) in [6.45, 7) is 0. The molecule has 0 aliphatic heterocycles. The van der Waals surface area contributed by atoms with Gasteiger partial charge in [0, 0.05) is 19.0 Å². The summed E-state index contributed by atoms with van der Waals surface area (Å²) in [5.74, 6) is 0.